The van der Waals surface area contributed by atoms with Gasteiger partial charge in [0, 0.05) is 18.8 Å². The van der Waals surface area contributed by atoms with Crippen molar-refractivity contribution in [3.63, 3.8) is 0 Å². The number of para-hydroxylation sites is 1. The number of nitrogens with zero attached hydrogens (tertiary/aromatic N) is 3. The van der Waals surface area contributed by atoms with Crippen LogP contribution in [-0.4, -0.2) is 29.2 Å². The number of hydrogen-bond acceptors (Lipinski definition) is 4. The molecule has 0 unspecified atom stereocenters. The standard InChI is InChI=1S/C15H16N4O/c20-15(16-12-6-2-1-3-7-12)13-8-9-14(18-17-13)19-10-4-5-11-19/h1-3,6-9H,4-5,10-11H2,(H,16,20). The first-order valence-electron chi connectivity index (χ1n) is 6.78. The van der Waals surface area contributed by atoms with Crippen molar-refractivity contribution in [2.45, 2.75) is 12.8 Å². The number of hydrogen-bond donors (Lipinski definition) is 1. The van der Waals surface area contributed by atoms with Crippen molar-refractivity contribution in [2.24, 2.45) is 0 Å². The SMILES string of the molecule is O=C(Nc1ccccc1)c1ccc(N2CCCC2)nn1. The van der Waals surface area contributed by atoms with Crippen molar-refractivity contribution >= 4 is 17.4 Å². The van der Waals surface area contributed by atoms with Gasteiger partial charge in [-0.25, -0.2) is 0 Å². The van der Waals surface area contributed by atoms with E-state index in [1.165, 1.54) is 12.8 Å². The molecule has 0 aliphatic carbocycles. The smallest absolute Gasteiger partial charge is 0.276 e. The van der Waals surface area contributed by atoms with Gasteiger partial charge in [0.15, 0.2) is 11.5 Å². The summed E-state index contributed by atoms with van der Waals surface area (Å²) in [6.45, 7) is 2.04. The van der Waals surface area contributed by atoms with Gasteiger partial charge in [0.25, 0.3) is 5.91 Å². The molecule has 1 aliphatic rings. The minimum absolute atomic E-state index is 0.239. The van der Waals surface area contributed by atoms with Crippen molar-refractivity contribution in [2.75, 3.05) is 23.3 Å². The lowest BCUT2D eigenvalue weighted by atomic mass is 10.3. The molecule has 0 saturated carbocycles. The summed E-state index contributed by atoms with van der Waals surface area (Å²) < 4.78 is 0. The van der Waals surface area contributed by atoms with E-state index in [-0.39, 0.29) is 5.91 Å². The van der Waals surface area contributed by atoms with Gasteiger partial charge in [-0.1, -0.05) is 18.2 Å². The third-order valence-electron chi connectivity index (χ3n) is 3.34. The number of carbonyl (C=O) groups excluding carboxylic acids is 1. The first kappa shape index (κ1) is 12.6. The van der Waals surface area contributed by atoms with E-state index in [0.717, 1.165) is 24.6 Å². The van der Waals surface area contributed by atoms with E-state index < -0.39 is 0 Å². The Hall–Kier alpha value is -2.43. The number of amides is 1. The Balaban J connectivity index is 1.69. The van der Waals surface area contributed by atoms with Crippen LogP contribution in [0.2, 0.25) is 0 Å². The number of aromatic nitrogens is 2. The molecule has 0 bridgehead atoms. The van der Waals surface area contributed by atoms with Crippen molar-refractivity contribution < 1.29 is 4.79 Å². The first-order chi connectivity index (χ1) is 9.83. The first-order valence-corrected chi connectivity index (χ1v) is 6.78. The molecule has 1 amide bonds. The summed E-state index contributed by atoms with van der Waals surface area (Å²) in [6.07, 6.45) is 2.38. The van der Waals surface area contributed by atoms with Crippen molar-refractivity contribution in [1.29, 1.82) is 0 Å². The summed E-state index contributed by atoms with van der Waals surface area (Å²) in [4.78, 5) is 14.2. The molecule has 5 nitrogen and oxygen atoms in total. The average molecular weight is 268 g/mol. The Morgan fingerprint density at radius 3 is 2.40 bits per heavy atom. The van der Waals surface area contributed by atoms with Crippen LogP contribution < -0.4 is 10.2 Å². The van der Waals surface area contributed by atoms with E-state index in [4.69, 9.17) is 0 Å². The Morgan fingerprint density at radius 1 is 1.00 bits per heavy atom. The van der Waals surface area contributed by atoms with Crippen LogP contribution in [0.25, 0.3) is 0 Å². The number of nitrogens with one attached hydrogen (secondary N) is 1. The van der Waals surface area contributed by atoms with Gasteiger partial charge in [-0.2, -0.15) is 0 Å². The molecule has 1 N–H and O–H groups in total. The van der Waals surface area contributed by atoms with Crippen molar-refractivity contribution in [3.8, 4) is 0 Å². The van der Waals surface area contributed by atoms with E-state index in [2.05, 4.69) is 20.4 Å². The van der Waals surface area contributed by atoms with E-state index in [0.29, 0.717) is 5.69 Å². The zero-order chi connectivity index (χ0) is 13.8. The summed E-state index contributed by atoms with van der Waals surface area (Å²) in [5, 5.41) is 10.9. The van der Waals surface area contributed by atoms with E-state index in [1.807, 2.05) is 36.4 Å². The molecular weight excluding hydrogens is 252 g/mol. The molecule has 3 rings (SSSR count). The van der Waals surface area contributed by atoms with E-state index >= 15 is 0 Å². The molecule has 20 heavy (non-hydrogen) atoms. The third kappa shape index (κ3) is 2.77. The molecule has 1 aromatic carbocycles. The summed E-state index contributed by atoms with van der Waals surface area (Å²) >= 11 is 0. The summed E-state index contributed by atoms with van der Waals surface area (Å²) in [7, 11) is 0. The number of benzene rings is 1. The van der Waals surface area contributed by atoms with Crippen LogP contribution >= 0.6 is 0 Å². The predicted octanol–water partition coefficient (Wildman–Crippen LogP) is 2.33. The second-order valence-corrected chi connectivity index (χ2v) is 4.79. The van der Waals surface area contributed by atoms with Gasteiger partial charge in [0.1, 0.15) is 0 Å². The van der Waals surface area contributed by atoms with Crippen molar-refractivity contribution in [1.82, 2.24) is 10.2 Å². The Labute approximate surface area is 117 Å². The zero-order valence-corrected chi connectivity index (χ0v) is 11.1. The summed E-state index contributed by atoms with van der Waals surface area (Å²) in [6, 6.07) is 12.9. The fourth-order valence-electron chi connectivity index (χ4n) is 2.28. The Morgan fingerprint density at radius 2 is 1.75 bits per heavy atom. The van der Waals surface area contributed by atoms with Crippen LogP contribution in [0.1, 0.15) is 23.3 Å². The lowest BCUT2D eigenvalue weighted by Gasteiger charge is -2.15. The quantitative estimate of drug-likeness (QED) is 0.928. The van der Waals surface area contributed by atoms with E-state index in [1.54, 1.807) is 6.07 Å². The van der Waals surface area contributed by atoms with Crippen LogP contribution in [-0.2, 0) is 0 Å². The normalized spacial score (nSPS) is 14.3. The molecule has 102 valence electrons. The molecule has 1 saturated heterocycles. The highest BCUT2D eigenvalue weighted by atomic mass is 16.1. The van der Waals surface area contributed by atoms with Crippen LogP contribution in [0.4, 0.5) is 11.5 Å². The minimum atomic E-state index is -0.239. The largest absolute Gasteiger partial charge is 0.355 e. The monoisotopic (exact) mass is 268 g/mol. The summed E-state index contributed by atoms with van der Waals surface area (Å²) in [5.74, 6) is 0.607. The highest BCUT2D eigenvalue weighted by Crippen LogP contribution is 2.16. The van der Waals surface area contributed by atoms with Gasteiger partial charge in [-0.3, -0.25) is 4.79 Å². The molecule has 2 heterocycles. The molecule has 0 radical (unpaired) electrons. The number of anilines is 2. The fraction of sp³-hybridized carbons (Fsp3) is 0.267. The number of carbonyl (C=O) groups is 1. The summed E-state index contributed by atoms with van der Waals surface area (Å²) in [5.41, 5.74) is 1.08. The maximum Gasteiger partial charge on any atom is 0.276 e. The second-order valence-electron chi connectivity index (χ2n) is 4.79. The van der Waals surface area contributed by atoms with Crippen LogP contribution in [0.5, 0.6) is 0 Å². The fourth-order valence-corrected chi connectivity index (χ4v) is 2.28. The second kappa shape index (κ2) is 5.69. The highest BCUT2D eigenvalue weighted by Gasteiger charge is 2.15. The molecule has 1 fully saturated rings. The molecule has 0 atom stereocenters. The van der Waals surface area contributed by atoms with Gasteiger partial charge < -0.3 is 10.2 Å². The lowest BCUT2D eigenvalue weighted by Crippen LogP contribution is -2.20. The zero-order valence-electron chi connectivity index (χ0n) is 11.1. The Kier molecular flexibility index (Phi) is 3.58. The topological polar surface area (TPSA) is 58.1 Å². The molecule has 2 aromatic rings. The van der Waals surface area contributed by atoms with Crippen LogP contribution in [0.15, 0.2) is 42.5 Å². The van der Waals surface area contributed by atoms with Gasteiger partial charge in [-0.15, -0.1) is 10.2 Å². The van der Waals surface area contributed by atoms with Crippen LogP contribution in [0, 0.1) is 0 Å². The lowest BCUT2D eigenvalue weighted by molar-refractivity contribution is 0.102. The van der Waals surface area contributed by atoms with Gasteiger partial charge in [0.2, 0.25) is 0 Å². The van der Waals surface area contributed by atoms with Gasteiger partial charge in [0.05, 0.1) is 0 Å². The molecule has 0 spiro atoms. The van der Waals surface area contributed by atoms with E-state index in [9.17, 15) is 4.79 Å². The average Bonchev–Trinajstić information content (AvgIpc) is 3.03. The minimum Gasteiger partial charge on any atom is -0.355 e. The molecule has 1 aromatic heterocycles. The number of rotatable bonds is 3. The maximum absolute atomic E-state index is 12.0. The van der Waals surface area contributed by atoms with Crippen LogP contribution in [0.3, 0.4) is 0 Å². The molecule has 1 aliphatic heterocycles. The third-order valence-corrected chi connectivity index (χ3v) is 3.34. The molecular formula is C15H16N4O. The Bertz CT molecular complexity index is 577. The maximum atomic E-state index is 12.0. The van der Waals surface area contributed by atoms with Crippen molar-refractivity contribution in [3.05, 3.63) is 48.2 Å². The van der Waals surface area contributed by atoms with Gasteiger partial charge >= 0.3 is 0 Å². The molecule has 5 heteroatoms. The highest BCUT2D eigenvalue weighted by molar-refractivity contribution is 6.02. The van der Waals surface area contributed by atoms with Gasteiger partial charge in [-0.05, 0) is 37.1 Å². The predicted molar refractivity (Wildman–Crippen MR) is 77.9 cm³/mol.